The van der Waals surface area contributed by atoms with E-state index in [0.29, 0.717) is 18.7 Å². The zero-order chi connectivity index (χ0) is 18.8. The van der Waals surface area contributed by atoms with Crippen LogP contribution in [0.1, 0.15) is 31.4 Å². The van der Waals surface area contributed by atoms with Gasteiger partial charge in [0.1, 0.15) is 24.3 Å². The molecule has 0 amide bonds. The third-order valence-electron chi connectivity index (χ3n) is 3.60. The molecular formula is C20H23N3O2. The summed E-state index contributed by atoms with van der Waals surface area (Å²) >= 11 is 0. The second-order valence-corrected chi connectivity index (χ2v) is 5.73. The number of ether oxygens (including phenoxy) is 1. The average molecular weight is 337 g/mol. The lowest BCUT2D eigenvalue weighted by molar-refractivity contribution is -0.138. The lowest BCUT2D eigenvalue weighted by Gasteiger charge is -2.25. The number of nitrogens with zero attached hydrogens (tertiary/aromatic N) is 3. The molecule has 0 bridgehead atoms. The molecule has 130 valence electrons. The summed E-state index contributed by atoms with van der Waals surface area (Å²) in [6.45, 7) is 10.9. The first-order chi connectivity index (χ1) is 11.9. The van der Waals surface area contributed by atoms with Gasteiger partial charge >= 0.3 is 5.97 Å². The van der Waals surface area contributed by atoms with Crippen LogP contribution in [0.2, 0.25) is 0 Å². The van der Waals surface area contributed by atoms with E-state index in [9.17, 15) is 4.79 Å². The summed E-state index contributed by atoms with van der Waals surface area (Å²) in [5.41, 5.74) is 3.29. The highest BCUT2D eigenvalue weighted by Crippen LogP contribution is 2.21. The molecule has 0 spiro atoms. The summed E-state index contributed by atoms with van der Waals surface area (Å²) in [6, 6.07) is 9.58. The van der Waals surface area contributed by atoms with Crippen LogP contribution >= 0.6 is 0 Å². The van der Waals surface area contributed by atoms with Crippen molar-refractivity contribution in [2.75, 3.05) is 24.6 Å². The summed E-state index contributed by atoms with van der Waals surface area (Å²) in [5.74, 6) is -0.381. The number of nitriles is 2. The van der Waals surface area contributed by atoms with Crippen LogP contribution in [0.5, 0.6) is 0 Å². The Labute approximate surface area is 149 Å². The molecule has 1 rings (SSSR count). The molecule has 0 saturated carbocycles. The second kappa shape index (κ2) is 9.95. The van der Waals surface area contributed by atoms with E-state index in [2.05, 4.69) is 18.4 Å². The van der Waals surface area contributed by atoms with Crippen LogP contribution in [0.4, 0.5) is 5.69 Å². The zero-order valence-electron chi connectivity index (χ0n) is 15.0. The van der Waals surface area contributed by atoms with Crippen LogP contribution in [0, 0.1) is 29.6 Å². The Balaban J connectivity index is 2.91. The molecule has 0 saturated heterocycles. The minimum Gasteiger partial charge on any atom is -0.460 e. The number of esters is 1. The van der Waals surface area contributed by atoms with Gasteiger partial charge in [-0.05, 0) is 49.6 Å². The van der Waals surface area contributed by atoms with Crippen LogP contribution in [0.3, 0.4) is 0 Å². The van der Waals surface area contributed by atoms with E-state index >= 15 is 0 Å². The van der Waals surface area contributed by atoms with Gasteiger partial charge in [0.15, 0.2) is 0 Å². The monoisotopic (exact) mass is 337 g/mol. The summed E-state index contributed by atoms with van der Waals surface area (Å²) in [6.07, 6.45) is 2.54. The molecule has 1 aromatic carbocycles. The van der Waals surface area contributed by atoms with Gasteiger partial charge in [-0.25, -0.2) is 4.79 Å². The Morgan fingerprint density at radius 3 is 2.52 bits per heavy atom. The van der Waals surface area contributed by atoms with Crippen molar-refractivity contribution in [3.05, 3.63) is 47.1 Å². The highest BCUT2D eigenvalue weighted by molar-refractivity contribution is 5.86. The van der Waals surface area contributed by atoms with Gasteiger partial charge in [-0.1, -0.05) is 19.6 Å². The van der Waals surface area contributed by atoms with Gasteiger partial charge in [-0.15, -0.1) is 0 Å². The summed E-state index contributed by atoms with van der Waals surface area (Å²) in [5, 5.41) is 17.8. The van der Waals surface area contributed by atoms with Gasteiger partial charge in [-0.2, -0.15) is 10.5 Å². The number of allylic oxidation sites excluding steroid dienone is 1. The molecule has 0 fully saturated rings. The molecule has 5 heteroatoms. The summed E-state index contributed by atoms with van der Waals surface area (Å²) in [4.78, 5) is 13.6. The molecule has 0 aliphatic carbocycles. The molecule has 0 atom stereocenters. The Hall–Kier alpha value is -3.05. The van der Waals surface area contributed by atoms with Crippen molar-refractivity contribution < 1.29 is 9.53 Å². The van der Waals surface area contributed by atoms with Gasteiger partial charge in [0.25, 0.3) is 0 Å². The first-order valence-corrected chi connectivity index (χ1v) is 8.13. The van der Waals surface area contributed by atoms with Gasteiger partial charge in [0.2, 0.25) is 0 Å². The lowest BCUT2D eigenvalue weighted by atomic mass is 10.0. The fourth-order valence-corrected chi connectivity index (χ4v) is 2.28. The van der Waals surface area contributed by atoms with Crippen molar-refractivity contribution in [2.45, 2.75) is 27.2 Å². The molecule has 25 heavy (non-hydrogen) atoms. The molecule has 0 unspecified atom stereocenters. The van der Waals surface area contributed by atoms with E-state index in [1.807, 2.05) is 37.3 Å². The van der Waals surface area contributed by atoms with E-state index in [0.717, 1.165) is 29.8 Å². The Morgan fingerprint density at radius 1 is 1.32 bits per heavy atom. The maximum Gasteiger partial charge on any atom is 0.333 e. The third-order valence-corrected chi connectivity index (χ3v) is 3.60. The minimum atomic E-state index is -0.381. The van der Waals surface area contributed by atoms with E-state index in [1.54, 1.807) is 13.0 Å². The highest BCUT2D eigenvalue weighted by Gasteiger charge is 2.10. The van der Waals surface area contributed by atoms with Crippen LogP contribution < -0.4 is 4.90 Å². The normalized spacial score (nSPS) is 9.48. The maximum atomic E-state index is 11.5. The molecule has 0 heterocycles. The number of benzene rings is 1. The van der Waals surface area contributed by atoms with Gasteiger partial charge < -0.3 is 9.64 Å². The molecule has 0 radical (unpaired) electrons. The van der Waals surface area contributed by atoms with E-state index in [4.69, 9.17) is 15.3 Å². The van der Waals surface area contributed by atoms with Crippen molar-refractivity contribution in [3.63, 3.8) is 0 Å². The molecule has 0 aliphatic heterocycles. The van der Waals surface area contributed by atoms with Crippen LogP contribution in [-0.2, 0) is 9.53 Å². The summed E-state index contributed by atoms with van der Waals surface area (Å²) < 4.78 is 5.18. The molecule has 0 aliphatic rings. The Kier molecular flexibility index (Phi) is 7.96. The predicted octanol–water partition coefficient (Wildman–Crippen LogP) is 3.76. The van der Waals surface area contributed by atoms with Crippen LogP contribution in [0.25, 0.3) is 6.08 Å². The smallest absolute Gasteiger partial charge is 0.333 e. The van der Waals surface area contributed by atoms with Crippen LogP contribution in [-0.4, -0.2) is 25.7 Å². The maximum absolute atomic E-state index is 11.5. The number of carbonyl (C=O) groups excluding carboxylic acids is 1. The number of rotatable bonds is 8. The average Bonchev–Trinajstić information content (AvgIpc) is 2.59. The molecule has 0 aromatic heterocycles. The molecular weight excluding hydrogens is 314 g/mol. The lowest BCUT2D eigenvalue weighted by Crippen LogP contribution is -2.29. The van der Waals surface area contributed by atoms with Gasteiger partial charge in [-0.3, -0.25) is 0 Å². The number of hydrogen-bond donors (Lipinski definition) is 0. The standard InChI is InChI=1S/C20H23N3O2/c1-5-8-23(9-10-25-20(24)15(2)3)19-7-6-18(16(4)11-19)12-17(13-21)14-22/h6-7,11-12H,2,5,8-10H2,1,3-4H3. The first-order valence-electron chi connectivity index (χ1n) is 8.13. The Bertz CT molecular complexity index is 735. The first kappa shape index (κ1) is 20.0. The van der Waals surface area contributed by atoms with Crippen LogP contribution in [0.15, 0.2) is 35.9 Å². The fourth-order valence-electron chi connectivity index (χ4n) is 2.28. The van der Waals surface area contributed by atoms with Crippen molar-refractivity contribution in [1.82, 2.24) is 0 Å². The molecule has 0 N–H and O–H groups in total. The van der Waals surface area contributed by atoms with E-state index in [-0.39, 0.29) is 11.5 Å². The highest BCUT2D eigenvalue weighted by atomic mass is 16.5. The fraction of sp³-hybridized carbons (Fsp3) is 0.350. The number of anilines is 1. The second-order valence-electron chi connectivity index (χ2n) is 5.73. The van der Waals surface area contributed by atoms with Gasteiger partial charge in [0, 0.05) is 17.8 Å². The van der Waals surface area contributed by atoms with E-state index < -0.39 is 0 Å². The van der Waals surface area contributed by atoms with Crippen molar-refractivity contribution in [1.29, 1.82) is 10.5 Å². The van der Waals surface area contributed by atoms with Crippen molar-refractivity contribution in [2.24, 2.45) is 0 Å². The molecule has 5 nitrogen and oxygen atoms in total. The predicted molar refractivity (Wildman–Crippen MR) is 98.7 cm³/mol. The van der Waals surface area contributed by atoms with E-state index in [1.165, 1.54) is 0 Å². The Morgan fingerprint density at radius 2 is 2.00 bits per heavy atom. The van der Waals surface area contributed by atoms with Crippen molar-refractivity contribution in [3.8, 4) is 12.1 Å². The van der Waals surface area contributed by atoms with Gasteiger partial charge in [0.05, 0.1) is 6.54 Å². The minimum absolute atomic E-state index is 0.0768. The zero-order valence-corrected chi connectivity index (χ0v) is 15.0. The quantitative estimate of drug-likeness (QED) is 0.410. The number of carbonyl (C=O) groups is 1. The number of hydrogen-bond acceptors (Lipinski definition) is 5. The third kappa shape index (κ3) is 6.16. The topological polar surface area (TPSA) is 77.1 Å². The van der Waals surface area contributed by atoms with Crippen molar-refractivity contribution >= 4 is 17.7 Å². The number of aryl methyl sites for hydroxylation is 1. The largest absolute Gasteiger partial charge is 0.460 e. The molecule has 1 aromatic rings. The summed E-state index contributed by atoms with van der Waals surface area (Å²) in [7, 11) is 0. The SMILES string of the molecule is C=C(C)C(=O)OCCN(CCC)c1ccc(C=C(C#N)C#N)c(C)c1.